The summed E-state index contributed by atoms with van der Waals surface area (Å²) in [6, 6.07) is 0. The van der Waals surface area contributed by atoms with Crippen LogP contribution in [0.1, 0.15) is 12.7 Å². The monoisotopic (exact) mass is 171 g/mol. The van der Waals surface area contributed by atoms with E-state index < -0.39 is 0 Å². The minimum Gasteiger partial charge on any atom is -0.248 e. The first kappa shape index (κ1) is 8.65. The molecule has 2 nitrogen and oxygen atoms in total. The maximum absolute atomic E-state index is 3.21. The highest BCUT2D eigenvalue weighted by atomic mass is 32.2. The summed E-state index contributed by atoms with van der Waals surface area (Å²) < 4.78 is 2.14. The normalized spacial score (nSPS) is 10.4. The molecule has 0 amide bonds. The van der Waals surface area contributed by atoms with Crippen molar-refractivity contribution in [2.45, 2.75) is 13.3 Å². The predicted octanol–water partition coefficient (Wildman–Crippen LogP) is 1.13. The molecule has 1 aromatic rings. The van der Waals surface area contributed by atoms with E-state index in [1.807, 2.05) is 24.2 Å². The van der Waals surface area contributed by atoms with Crippen LogP contribution in [-0.4, -0.2) is 16.5 Å². The van der Waals surface area contributed by atoms with Gasteiger partial charge in [0.2, 0.25) is 0 Å². The Hall–Kier alpha value is -0.440. The van der Waals surface area contributed by atoms with Gasteiger partial charge < -0.3 is 0 Å². The van der Waals surface area contributed by atoms with Gasteiger partial charge in [0, 0.05) is 5.75 Å². The number of aromatic nitrogens is 2. The van der Waals surface area contributed by atoms with Crippen LogP contribution in [-0.2, 0) is 13.5 Å². The van der Waals surface area contributed by atoms with Crippen LogP contribution in [0.15, 0.2) is 12.4 Å². The molecule has 11 heavy (non-hydrogen) atoms. The van der Waals surface area contributed by atoms with E-state index in [9.17, 15) is 0 Å². The Labute approximate surface area is 72.0 Å². The number of H-pyrrole nitrogens is 1. The summed E-state index contributed by atoms with van der Waals surface area (Å²) >= 11 is 1.98. The Morgan fingerprint density at radius 2 is 2.45 bits per heavy atom. The zero-order valence-corrected chi connectivity index (χ0v) is 7.95. The molecule has 0 atom stereocenters. The number of aryl methyl sites for hydroxylation is 2. The van der Waals surface area contributed by atoms with Crippen molar-refractivity contribution < 1.29 is 4.57 Å². The first-order valence-electron chi connectivity index (χ1n) is 3.94. The fourth-order valence-corrected chi connectivity index (χ4v) is 1.63. The Morgan fingerprint density at radius 3 is 3.00 bits per heavy atom. The van der Waals surface area contributed by atoms with Crippen LogP contribution in [0, 0.1) is 0 Å². The molecule has 1 aromatic heterocycles. The first-order valence-corrected chi connectivity index (χ1v) is 5.09. The maximum Gasteiger partial charge on any atom is 0.254 e. The van der Waals surface area contributed by atoms with Crippen molar-refractivity contribution in [2.24, 2.45) is 7.05 Å². The number of imidazole rings is 1. The number of aromatic amines is 1. The summed E-state index contributed by atoms with van der Waals surface area (Å²) in [7, 11) is 2.07. The fraction of sp³-hybridized carbons (Fsp3) is 0.625. The third-order valence-corrected chi connectivity index (χ3v) is 2.56. The minimum absolute atomic E-state index is 1.14. The lowest BCUT2D eigenvalue weighted by Crippen LogP contribution is -2.30. The second-order valence-corrected chi connectivity index (χ2v) is 3.86. The van der Waals surface area contributed by atoms with E-state index in [1.165, 1.54) is 17.3 Å². The number of hydrogen-bond donors (Lipinski definition) is 1. The molecule has 0 fully saturated rings. The van der Waals surface area contributed by atoms with Gasteiger partial charge in [0.15, 0.2) is 0 Å². The zero-order valence-electron chi connectivity index (χ0n) is 7.13. The Morgan fingerprint density at radius 1 is 1.64 bits per heavy atom. The van der Waals surface area contributed by atoms with Gasteiger partial charge in [-0.2, -0.15) is 11.8 Å². The van der Waals surface area contributed by atoms with Crippen molar-refractivity contribution >= 4 is 11.8 Å². The lowest BCUT2D eigenvalue weighted by Gasteiger charge is -1.93. The molecule has 0 aliphatic heterocycles. The smallest absolute Gasteiger partial charge is 0.248 e. The molecule has 0 bridgehead atoms. The van der Waals surface area contributed by atoms with Crippen molar-refractivity contribution in [3.8, 4) is 0 Å². The Bertz CT molecular complexity index is 208. The van der Waals surface area contributed by atoms with Gasteiger partial charge in [-0.05, 0) is 5.75 Å². The number of nitrogens with one attached hydrogen (secondary N) is 1. The molecule has 0 aliphatic carbocycles. The molecule has 0 spiro atoms. The molecule has 62 valence electrons. The van der Waals surface area contributed by atoms with Crippen LogP contribution in [0.4, 0.5) is 0 Å². The molecule has 1 rings (SSSR count). The average Bonchev–Trinajstić information content (AvgIpc) is 2.37. The second-order valence-electron chi connectivity index (χ2n) is 2.46. The highest BCUT2D eigenvalue weighted by Gasteiger charge is 2.04. The van der Waals surface area contributed by atoms with Crippen LogP contribution in [0.5, 0.6) is 0 Å². The van der Waals surface area contributed by atoms with Crippen LogP contribution >= 0.6 is 11.8 Å². The highest BCUT2D eigenvalue weighted by molar-refractivity contribution is 7.99. The van der Waals surface area contributed by atoms with Crippen LogP contribution in [0.2, 0.25) is 0 Å². The van der Waals surface area contributed by atoms with E-state index >= 15 is 0 Å². The SMILES string of the molecule is CCSCCc1[nH]cc[n+]1C. The van der Waals surface area contributed by atoms with Gasteiger partial charge in [-0.15, -0.1) is 0 Å². The van der Waals surface area contributed by atoms with Crippen molar-refractivity contribution in [3.63, 3.8) is 0 Å². The summed E-state index contributed by atoms with van der Waals surface area (Å²) in [6.45, 7) is 2.19. The van der Waals surface area contributed by atoms with Crippen LogP contribution < -0.4 is 4.57 Å². The molecular formula is C8H15N2S+. The average molecular weight is 171 g/mol. The predicted molar refractivity (Wildman–Crippen MR) is 48.7 cm³/mol. The first-order chi connectivity index (χ1) is 5.34. The van der Waals surface area contributed by atoms with Crippen molar-refractivity contribution in [3.05, 3.63) is 18.2 Å². The van der Waals surface area contributed by atoms with E-state index in [-0.39, 0.29) is 0 Å². The third-order valence-electron chi connectivity index (χ3n) is 1.66. The standard InChI is InChI=1S/C8H14N2S/c1-3-11-7-4-8-9-5-6-10(8)2/h5-6H,3-4,7H2,1-2H3/p+1. The van der Waals surface area contributed by atoms with Gasteiger partial charge in [0.25, 0.3) is 5.82 Å². The summed E-state index contributed by atoms with van der Waals surface area (Å²) in [5, 5.41) is 0. The number of nitrogens with zero attached hydrogens (tertiary/aromatic N) is 1. The Balaban J connectivity index is 2.32. The van der Waals surface area contributed by atoms with E-state index in [0.29, 0.717) is 0 Å². The summed E-state index contributed by atoms with van der Waals surface area (Å²) in [5.41, 5.74) is 0. The molecule has 3 heteroatoms. The van der Waals surface area contributed by atoms with Crippen molar-refractivity contribution in [1.82, 2.24) is 4.98 Å². The van der Waals surface area contributed by atoms with Crippen molar-refractivity contribution in [1.29, 1.82) is 0 Å². The number of rotatable bonds is 4. The summed E-state index contributed by atoms with van der Waals surface area (Å²) in [5.74, 6) is 3.74. The van der Waals surface area contributed by atoms with E-state index in [4.69, 9.17) is 0 Å². The van der Waals surface area contributed by atoms with Gasteiger partial charge in [-0.1, -0.05) is 6.92 Å². The molecule has 0 aromatic carbocycles. The van der Waals surface area contributed by atoms with Gasteiger partial charge in [-0.25, -0.2) is 9.55 Å². The minimum atomic E-state index is 1.14. The van der Waals surface area contributed by atoms with E-state index in [0.717, 1.165) is 6.42 Å². The van der Waals surface area contributed by atoms with Crippen LogP contribution in [0.25, 0.3) is 0 Å². The van der Waals surface area contributed by atoms with Crippen LogP contribution in [0.3, 0.4) is 0 Å². The molecular weight excluding hydrogens is 156 g/mol. The van der Waals surface area contributed by atoms with Gasteiger partial charge >= 0.3 is 0 Å². The van der Waals surface area contributed by atoms with Gasteiger partial charge in [0.05, 0.1) is 13.5 Å². The molecule has 0 radical (unpaired) electrons. The van der Waals surface area contributed by atoms with Gasteiger partial charge in [-0.3, -0.25) is 0 Å². The molecule has 0 aliphatic rings. The zero-order chi connectivity index (χ0) is 8.10. The molecule has 0 saturated carbocycles. The second kappa shape index (κ2) is 4.44. The number of thioether (sulfide) groups is 1. The topological polar surface area (TPSA) is 19.7 Å². The van der Waals surface area contributed by atoms with E-state index in [2.05, 4.69) is 23.5 Å². The third kappa shape index (κ3) is 2.58. The number of hydrogen-bond acceptors (Lipinski definition) is 1. The lowest BCUT2D eigenvalue weighted by molar-refractivity contribution is -0.677. The fourth-order valence-electron chi connectivity index (χ4n) is 0.999. The Kier molecular flexibility index (Phi) is 3.49. The highest BCUT2D eigenvalue weighted by Crippen LogP contribution is 2.00. The maximum atomic E-state index is 3.21. The molecule has 0 unspecified atom stereocenters. The molecule has 1 N–H and O–H groups in total. The largest absolute Gasteiger partial charge is 0.254 e. The lowest BCUT2D eigenvalue weighted by atomic mass is 10.4. The van der Waals surface area contributed by atoms with Crippen molar-refractivity contribution in [2.75, 3.05) is 11.5 Å². The summed E-state index contributed by atoms with van der Waals surface area (Å²) in [4.78, 5) is 3.21. The molecule has 1 heterocycles. The van der Waals surface area contributed by atoms with Gasteiger partial charge in [0.1, 0.15) is 12.4 Å². The van der Waals surface area contributed by atoms with E-state index in [1.54, 1.807) is 0 Å². The quantitative estimate of drug-likeness (QED) is 0.532. The summed E-state index contributed by atoms with van der Waals surface area (Å²) in [6.07, 6.45) is 5.17. The molecule has 0 saturated heterocycles.